The van der Waals surface area contributed by atoms with E-state index in [1.165, 1.54) is 103 Å². The van der Waals surface area contributed by atoms with Gasteiger partial charge in [0.15, 0.2) is 0 Å². The van der Waals surface area contributed by atoms with Crippen molar-refractivity contribution in [2.75, 3.05) is 52.4 Å². The van der Waals surface area contributed by atoms with Gasteiger partial charge in [-0.15, -0.1) is 0 Å². The molecule has 0 saturated heterocycles. The maximum absolute atomic E-state index is 4.98. The minimum Gasteiger partial charge on any atom is -0.411 e. The van der Waals surface area contributed by atoms with Gasteiger partial charge in [0.1, 0.15) is 0 Å². The van der Waals surface area contributed by atoms with Gasteiger partial charge in [0.05, 0.1) is 0 Å². The Kier molecular flexibility index (Phi) is 57.7. The molecule has 49 heavy (non-hydrogen) atoms. The van der Waals surface area contributed by atoms with E-state index in [2.05, 4.69) is 75.0 Å². The van der Waals surface area contributed by atoms with Gasteiger partial charge in [-0.2, -0.15) is 0 Å². The van der Waals surface area contributed by atoms with Crippen molar-refractivity contribution in [2.24, 2.45) is 0 Å². The van der Waals surface area contributed by atoms with Crippen molar-refractivity contribution < 1.29 is 0 Å². The molecule has 0 fully saturated rings. The maximum atomic E-state index is 4.98. The summed E-state index contributed by atoms with van der Waals surface area (Å²) in [5, 5.41) is 0. The molecule has 0 spiro atoms. The Balaban J connectivity index is -0.000000174. The van der Waals surface area contributed by atoms with Gasteiger partial charge in [-0.3, -0.25) is 0 Å². The minimum absolute atomic E-state index is 0. The molecule has 0 amide bonds. The van der Waals surface area contributed by atoms with Crippen LogP contribution in [0.25, 0.3) is 0 Å². The molecule has 0 unspecified atom stereocenters. The molecule has 0 atom stereocenters. The average Bonchev–Trinajstić information content (AvgIpc) is 3.05. The van der Waals surface area contributed by atoms with Gasteiger partial charge < -0.3 is 119 Å². The first-order valence-corrected chi connectivity index (χ1v) is 22.0. The second-order valence-electron chi connectivity index (χ2n) is 11.8. The summed E-state index contributed by atoms with van der Waals surface area (Å²) in [4.78, 5) is 8.55. The van der Waals surface area contributed by atoms with Gasteiger partial charge in [-0.05, 0) is 51.4 Å². The van der Waals surface area contributed by atoms with Gasteiger partial charge >= 0.3 is 0 Å². The summed E-state index contributed by atoms with van der Waals surface area (Å²) >= 11 is 39.9. The summed E-state index contributed by atoms with van der Waals surface area (Å²) in [5.41, 5.74) is 0. The molecule has 0 aliphatic heterocycles. The fourth-order valence-electron chi connectivity index (χ4n) is 3.97. The molecule has 0 N–H and O–H groups in total. The molecule has 0 bridgehead atoms. The Morgan fingerprint density at radius 2 is 0.408 bits per heavy atom. The van der Waals surface area contributed by atoms with E-state index in [1.54, 1.807) is 0 Å². The number of nitrogens with zero attached hydrogens (tertiary/aromatic N) is 4. The van der Waals surface area contributed by atoms with Crippen molar-refractivity contribution in [2.45, 2.75) is 158 Å². The zero-order valence-electron chi connectivity index (χ0n) is 32.5. The van der Waals surface area contributed by atoms with Gasteiger partial charge in [0.2, 0.25) is 0 Å². The predicted octanol–water partition coefficient (Wildman–Crippen LogP) is 10.5. The molecule has 4 radical (unpaired) electrons. The molecular weight excluding hydrogens is 952 g/mol. The van der Waals surface area contributed by atoms with Crippen LogP contribution < -0.4 is 0 Å². The Hall–Kier alpha value is 1.36. The number of rotatable bonds is 24. The monoisotopic (exact) mass is 1020 g/mol. The van der Waals surface area contributed by atoms with Crippen molar-refractivity contribution in [3.63, 3.8) is 0 Å². The predicted molar refractivity (Wildman–Crippen MR) is 251 cm³/mol. The Morgan fingerprint density at radius 3 is 0.469 bits per heavy atom. The van der Waals surface area contributed by atoms with Crippen LogP contribution in [0.15, 0.2) is 0 Å². The number of thiocarbonyl (C=S) groups is 4. The molecule has 292 valence electrons. The van der Waals surface area contributed by atoms with Crippen LogP contribution in [0.3, 0.4) is 0 Å². The molecule has 0 saturated carbocycles. The van der Waals surface area contributed by atoms with E-state index in [0.29, 0.717) is 17.3 Å². The third-order valence-electron chi connectivity index (χ3n) is 7.29. The Bertz CT molecular complexity index is 598. The molecular formula is C36H72N4PbS8-4. The molecule has 13 heteroatoms. The summed E-state index contributed by atoms with van der Waals surface area (Å²) < 4.78 is 2.54. The normalized spacial score (nSPS) is 9.63. The van der Waals surface area contributed by atoms with Crippen LogP contribution in [0.1, 0.15) is 158 Å². The minimum atomic E-state index is 0. The molecule has 0 aromatic heterocycles. The zero-order valence-corrected chi connectivity index (χ0v) is 42.9. The molecule has 0 rings (SSSR count). The van der Waals surface area contributed by atoms with Crippen LogP contribution >= 0.6 is 48.9 Å². The molecule has 0 aliphatic rings. The summed E-state index contributed by atoms with van der Waals surface area (Å²) in [5.74, 6) is 0. The van der Waals surface area contributed by atoms with Crippen LogP contribution in [-0.2, 0) is 50.5 Å². The van der Waals surface area contributed by atoms with Gasteiger partial charge in [0.25, 0.3) is 0 Å². The molecule has 0 heterocycles. The number of hydrogen-bond donors (Lipinski definition) is 0. The third kappa shape index (κ3) is 45.4. The fourth-order valence-corrected chi connectivity index (χ4v) is 5.43. The van der Waals surface area contributed by atoms with Crippen LogP contribution in [0.2, 0.25) is 0 Å². The summed E-state index contributed by atoms with van der Waals surface area (Å²) in [6.07, 6.45) is 19.2. The van der Waals surface area contributed by atoms with Gasteiger partial charge in [0, 0.05) is 79.7 Å². The van der Waals surface area contributed by atoms with Crippen molar-refractivity contribution in [1.82, 2.24) is 19.6 Å². The van der Waals surface area contributed by atoms with E-state index in [9.17, 15) is 0 Å². The van der Waals surface area contributed by atoms with Crippen LogP contribution in [0.4, 0.5) is 0 Å². The van der Waals surface area contributed by atoms with Gasteiger partial charge in [-0.25, -0.2) is 0 Å². The van der Waals surface area contributed by atoms with Crippen molar-refractivity contribution in [3.05, 3.63) is 0 Å². The maximum Gasteiger partial charge on any atom is 0.0162 e. The number of hydrogen-bond acceptors (Lipinski definition) is 8. The van der Waals surface area contributed by atoms with Crippen LogP contribution in [0.5, 0.6) is 0 Å². The first-order valence-electron chi connectivity index (χ1n) is 18.7. The second-order valence-corrected chi connectivity index (χ2v) is 16.0. The largest absolute Gasteiger partial charge is 0.411 e. The molecule has 0 aromatic carbocycles. The second kappa shape index (κ2) is 47.4. The molecule has 0 aliphatic carbocycles. The van der Waals surface area contributed by atoms with E-state index in [4.69, 9.17) is 99.4 Å². The van der Waals surface area contributed by atoms with E-state index in [0.717, 1.165) is 52.4 Å². The smallest absolute Gasteiger partial charge is 0.0162 e. The third-order valence-corrected chi connectivity index (χ3v) is 9.35. The molecule has 0 aromatic rings. The van der Waals surface area contributed by atoms with E-state index < -0.39 is 0 Å². The SMILES string of the molecule is CCCCN(CCCC)C(=S)[S-].CCCCN(CCCC)C(=S)[S-].CCCCN(CCCC)C(=S)[S-].CCCCN(CCCC)C(=S)[S-].[Pb]. The first kappa shape index (κ1) is 59.6. The first-order chi connectivity index (χ1) is 22.9. The Labute approximate surface area is 370 Å². The van der Waals surface area contributed by atoms with E-state index >= 15 is 0 Å². The quantitative estimate of drug-likeness (QED) is 0.0520. The van der Waals surface area contributed by atoms with Crippen molar-refractivity contribution in [1.29, 1.82) is 0 Å². The average molecular weight is 1020 g/mol. The Morgan fingerprint density at radius 1 is 0.306 bits per heavy atom. The van der Waals surface area contributed by atoms with Crippen LogP contribution in [-0.4, -0.2) is 117 Å². The zero-order chi connectivity index (χ0) is 37.6. The summed E-state index contributed by atoms with van der Waals surface area (Å²) in [6.45, 7) is 25.8. The van der Waals surface area contributed by atoms with E-state index in [1.807, 2.05) is 0 Å². The summed E-state index contributed by atoms with van der Waals surface area (Å²) in [7, 11) is 0. The van der Waals surface area contributed by atoms with Crippen molar-refractivity contribution in [3.8, 4) is 0 Å². The molecule has 4 nitrogen and oxygen atoms in total. The topological polar surface area (TPSA) is 13.0 Å². The fraction of sp³-hybridized carbons (Fsp3) is 0.889. The standard InChI is InChI=1S/4C9H19NS2.Pb/c4*1-3-5-7-10(9(11)12)8-6-4-2;/h4*3-8H2,1-2H3,(H,11,12);/p-4. The summed E-state index contributed by atoms with van der Waals surface area (Å²) in [6, 6.07) is 0. The number of unbranched alkanes of at least 4 members (excludes halogenated alkanes) is 8. The van der Waals surface area contributed by atoms with Crippen LogP contribution in [0, 0.1) is 0 Å². The van der Waals surface area contributed by atoms with Gasteiger partial charge in [-0.1, -0.05) is 124 Å². The van der Waals surface area contributed by atoms with Crippen molar-refractivity contribution >= 4 is 144 Å². The van der Waals surface area contributed by atoms with E-state index in [-0.39, 0.29) is 27.3 Å².